The van der Waals surface area contributed by atoms with Gasteiger partial charge in [-0.2, -0.15) is 0 Å². The molecule has 2 aliphatic rings. The largest absolute Gasteiger partial charge is 0.491 e. The molecule has 2 aliphatic carbocycles. The Bertz CT molecular complexity index is 433. The van der Waals surface area contributed by atoms with Gasteiger partial charge in [0.15, 0.2) is 0 Å². The van der Waals surface area contributed by atoms with Gasteiger partial charge < -0.3 is 10.1 Å². The van der Waals surface area contributed by atoms with Crippen molar-refractivity contribution < 1.29 is 4.74 Å². The summed E-state index contributed by atoms with van der Waals surface area (Å²) in [6.07, 6.45) is 6.12. The van der Waals surface area contributed by atoms with Gasteiger partial charge in [-0.25, -0.2) is 0 Å². The van der Waals surface area contributed by atoms with Crippen LogP contribution in [0.4, 0.5) is 0 Å². The second-order valence-corrected chi connectivity index (χ2v) is 7.20. The standard InChI is InChI=1S/C19H29NO/c1-13(2)21-18-10-8-15(9-11-18)14(3)20-12-19(16-4-5-16)17-6-7-17/h8-11,13-14,16-17,19-20H,4-7,12H2,1-3H3. The molecule has 1 aromatic carbocycles. The number of nitrogens with one attached hydrogen (secondary N) is 1. The van der Waals surface area contributed by atoms with Crippen LogP contribution in [0.3, 0.4) is 0 Å². The molecule has 1 N–H and O–H groups in total. The molecule has 0 radical (unpaired) electrons. The first-order chi connectivity index (χ1) is 10.1. The Hall–Kier alpha value is -1.02. The SMILES string of the molecule is CC(C)Oc1ccc(C(C)NCC(C2CC2)C2CC2)cc1. The molecule has 0 aliphatic heterocycles. The third-order valence-electron chi connectivity index (χ3n) is 4.87. The van der Waals surface area contributed by atoms with Gasteiger partial charge in [0, 0.05) is 6.04 Å². The van der Waals surface area contributed by atoms with Crippen LogP contribution >= 0.6 is 0 Å². The molecule has 0 aromatic heterocycles. The highest BCUT2D eigenvalue weighted by Gasteiger charge is 2.41. The van der Waals surface area contributed by atoms with Crippen LogP contribution in [-0.4, -0.2) is 12.6 Å². The van der Waals surface area contributed by atoms with Crippen molar-refractivity contribution >= 4 is 0 Å². The highest BCUT2D eigenvalue weighted by molar-refractivity contribution is 5.29. The maximum Gasteiger partial charge on any atom is 0.119 e. The van der Waals surface area contributed by atoms with Crippen LogP contribution < -0.4 is 10.1 Å². The van der Waals surface area contributed by atoms with E-state index in [1.165, 1.54) is 37.8 Å². The summed E-state index contributed by atoms with van der Waals surface area (Å²) < 4.78 is 5.71. The van der Waals surface area contributed by atoms with E-state index in [-0.39, 0.29) is 6.10 Å². The molecule has 2 fully saturated rings. The molecule has 1 unspecified atom stereocenters. The Kier molecular flexibility index (Phi) is 4.54. The Morgan fingerprint density at radius 3 is 2.05 bits per heavy atom. The number of benzene rings is 1. The highest BCUT2D eigenvalue weighted by atomic mass is 16.5. The predicted molar refractivity (Wildman–Crippen MR) is 87.6 cm³/mol. The van der Waals surface area contributed by atoms with Crippen LogP contribution in [0.2, 0.25) is 0 Å². The van der Waals surface area contributed by atoms with Crippen molar-refractivity contribution in [3.63, 3.8) is 0 Å². The average Bonchev–Trinajstić information content (AvgIpc) is 3.33. The molecule has 116 valence electrons. The molecule has 0 bridgehead atoms. The topological polar surface area (TPSA) is 21.3 Å². The molecule has 2 saturated carbocycles. The lowest BCUT2D eigenvalue weighted by molar-refractivity contribution is 0.242. The fourth-order valence-electron chi connectivity index (χ4n) is 3.30. The summed E-state index contributed by atoms with van der Waals surface area (Å²) in [5, 5.41) is 3.76. The maximum absolute atomic E-state index is 5.71. The summed E-state index contributed by atoms with van der Waals surface area (Å²) in [5.74, 6) is 3.96. The summed E-state index contributed by atoms with van der Waals surface area (Å²) in [5.41, 5.74) is 1.36. The smallest absolute Gasteiger partial charge is 0.119 e. The van der Waals surface area contributed by atoms with Gasteiger partial charge >= 0.3 is 0 Å². The zero-order valence-corrected chi connectivity index (χ0v) is 13.6. The predicted octanol–water partition coefficient (Wildman–Crippen LogP) is 4.56. The third-order valence-corrected chi connectivity index (χ3v) is 4.87. The lowest BCUT2D eigenvalue weighted by atomic mass is 9.97. The third kappa shape index (κ3) is 4.23. The van der Waals surface area contributed by atoms with Gasteiger partial charge in [0.2, 0.25) is 0 Å². The van der Waals surface area contributed by atoms with Crippen LogP contribution in [-0.2, 0) is 0 Å². The van der Waals surface area contributed by atoms with Gasteiger partial charge in [-0.1, -0.05) is 12.1 Å². The van der Waals surface area contributed by atoms with Crippen molar-refractivity contribution in [1.29, 1.82) is 0 Å². The van der Waals surface area contributed by atoms with E-state index < -0.39 is 0 Å². The first kappa shape index (κ1) is 14.9. The first-order valence-corrected chi connectivity index (χ1v) is 8.63. The van der Waals surface area contributed by atoms with E-state index in [1.807, 2.05) is 0 Å². The molecular weight excluding hydrogens is 258 g/mol. The highest BCUT2D eigenvalue weighted by Crippen LogP contribution is 2.49. The van der Waals surface area contributed by atoms with Gasteiger partial charge in [-0.05, 0) is 88.4 Å². The van der Waals surface area contributed by atoms with E-state index >= 15 is 0 Å². The van der Waals surface area contributed by atoms with Crippen molar-refractivity contribution in [2.24, 2.45) is 17.8 Å². The lowest BCUT2D eigenvalue weighted by Crippen LogP contribution is -2.28. The zero-order valence-electron chi connectivity index (χ0n) is 13.6. The molecule has 3 rings (SSSR count). The number of ether oxygens (including phenoxy) is 1. The molecule has 1 aromatic rings. The van der Waals surface area contributed by atoms with Crippen molar-refractivity contribution in [2.45, 2.75) is 58.6 Å². The van der Waals surface area contributed by atoms with Crippen molar-refractivity contribution in [2.75, 3.05) is 6.54 Å². The van der Waals surface area contributed by atoms with E-state index in [0.717, 1.165) is 23.5 Å². The van der Waals surface area contributed by atoms with E-state index in [1.54, 1.807) is 0 Å². The van der Waals surface area contributed by atoms with Crippen molar-refractivity contribution in [3.8, 4) is 5.75 Å². The second-order valence-electron chi connectivity index (χ2n) is 7.20. The molecule has 2 heteroatoms. The Morgan fingerprint density at radius 1 is 1.00 bits per heavy atom. The summed E-state index contributed by atoms with van der Waals surface area (Å²) in [7, 11) is 0. The minimum Gasteiger partial charge on any atom is -0.491 e. The lowest BCUT2D eigenvalue weighted by Gasteiger charge is -2.21. The molecule has 0 heterocycles. The first-order valence-electron chi connectivity index (χ1n) is 8.63. The fraction of sp³-hybridized carbons (Fsp3) is 0.684. The van der Waals surface area contributed by atoms with Gasteiger partial charge in [0.1, 0.15) is 5.75 Å². The normalized spacial score (nSPS) is 20.0. The minimum atomic E-state index is 0.240. The van der Waals surface area contributed by atoms with E-state index in [4.69, 9.17) is 4.74 Å². The summed E-state index contributed by atoms with van der Waals surface area (Å²) in [6, 6.07) is 9.00. The molecule has 21 heavy (non-hydrogen) atoms. The van der Waals surface area contributed by atoms with Crippen LogP contribution in [0.25, 0.3) is 0 Å². The van der Waals surface area contributed by atoms with Gasteiger partial charge in [-0.3, -0.25) is 0 Å². The Morgan fingerprint density at radius 2 is 1.57 bits per heavy atom. The van der Waals surface area contributed by atoms with Gasteiger partial charge in [-0.15, -0.1) is 0 Å². The Balaban J connectivity index is 1.51. The average molecular weight is 287 g/mol. The number of rotatable bonds is 8. The molecule has 1 atom stereocenters. The van der Waals surface area contributed by atoms with E-state index in [9.17, 15) is 0 Å². The molecule has 0 saturated heterocycles. The zero-order chi connectivity index (χ0) is 14.8. The van der Waals surface area contributed by atoms with E-state index in [2.05, 4.69) is 50.4 Å². The minimum absolute atomic E-state index is 0.240. The van der Waals surface area contributed by atoms with Crippen molar-refractivity contribution in [1.82, 2.24) is 5.32 Å². The van der Waals surface area contributed by atoms with Crippen LogP contribution in [0.15, 0.2) is 24.3 Å². The molecular formula is C19H29NO. The molecule has 0 spiro atoms. The number of hydrogen-bond acceptors (Lipinski definition) is 2. The quantitative estimate of drug-likeness (QED) is 0.756. The summed E-state index contributed by atoms with van der Waals surface area (Å²) in [6.45, 7) is 7.60. The van der Waals surface area contributed by atoms with Crippen LogP contribution in [0.5, 0.6) is 5.75 Å². The van der Waals surface area contributed by atoms with Gasteiger partial charge in [0.05, 0.1) is 6.10 Å². The molecule has 2 nitrogen and oxygen atoms in total. The van der Waals surface area contributed by atoms with Crippen LogP contribution in [0, 0.1) is 17.8 Å². The monoisotopic (exact) mass is 287 g/mol. The molecule has 0 amide bonds. The number of hydrogen-bond donors (Lipinski definition) is 1. The van der Waals surface area contributed by atoms with Gasteiger partial charge in [0.25, 0.3) is 0 Å². The Labute approximate surface area is 129 Å². The second kappa shape index (κ2) is 6.39. The maximum atomic E-state index is 5.71. The fourth-order valence-corrected chi connectivity index (χ4v) is 3.30. The summed E-state index contributed by atoms with van der Waals surface area (Å²) in [4.78, 5) is 0. The van der Waals surface area contributed by atoms with E-state index in [0.29, 0.717) is 6.04 Å². The van der Waals surface area contributed by atoms with Crippen molar-refractivity contribution in [3.05, 3.63) is 29.8 Å². The van der Waals surface area contributed by atoms with Crippen LogP contribution in [0.1, 0.15) is 58.1 Å². The summed E-state index contributed by atoms with van der Waals surface area (Å²) >= 11 is 0.